The fraction of sp³-hybridized carbons (Fsp3) is 0.462. The van der Waals surface area contributed by atoms with E-state index in [0.717, 1.165) is 5.56 Å². The zero-order valence-electron chi connectivity index (χ0n) is 11.4. The lowest BCUT2D eigenvalue weighted by Crippen LogP contribution is -2.49. The molecule has 0 saturated carbocycles. The fourth-order valence-corrected chi connectivity index (χ4v) is 2.74. The van der Waals surface area contributed by atoms with Gasteiger partial charge in [0.05, 0.1) is 24.2 Å². The minimum atomic E-state index is -3.81. The van der Waals surface area contributed by atoms with E-state index in [9.17, 15) is 13.2 Å². The number of hydrogen-bond donors (Lipinski definition) is 0. The van der Waals surface area contributed by atoms with Crippen LogP contribution in [0.1, 0.15) is 5.56 Å². The molecule has 1 atom stereocenters. The van der Waals surface area contributed by atoms with Gasteiger partial charge >= 0.3 is 0 Å². The first kappa shape index (κ1) is 15.0. The number of carbonyl (C=O) groups is 1. The van der Waals surface area contributed by atoms with Crippen molar-refractivity contribution >= 4 is 16.0 Å². The molecule has 7 heteroatoms. The van der Waals surface area contributed by atoms with Crippen molar-refractivity contribution in [2.24, 2.45) is 0 Å². The average molecular weight is 299 g/mol. The Morgan fingerprint density at radius 2 is 2.00 bits per heavy atom. The number of nitrogens with zero attached hydrogens (tertiary/aromatic N) is 1. The Balaban J connectivity index is 2.02. The minimum Gasteiger partial charge on any atom is -0.369 e. The molecule has 0 N–H and O–H groups in total. The van der Waals surface area contributed by atoms with E-state index in [4.69, 9.17) is 8.92 Å². The van der Waals surface area contributed by atoms with Gasteiger partial charge in [0.1, 0.15) is 6.61 Å². The quantitative estimate of drug-likeness (QED) is 0.760. The standard InChI is InChI=1S/C13H17NO5S/c1-10-3-5-12(6-4-10)20(16,17)19-8-11-7-18-9-13(15)14(11)2/h3-6,11H,7-9H2,1-2H3/t11-/m1/s1. The summed E-state index contributed by atoms with van der Waals surface area (Å²) in [5.74, 6) is -0.183. The van der Waals surface area contributed by atoms with Gasteiger partial charge in [0.25, 0.3) is 10.1 Å². The Labute approximate surface area is 118 Å². The van der Waals surface area contributed by atoms with Crippen LogP contribution >= 0.6 is 0 Å². The number of aryl methyl sites for hydroxylation is 1. The van der Waals surface area contributed by atoms with Crippen LogP contribution in [0.4, 0.5) is 0 Å². The summed E-state index contributed by atoms with van der Waals surface area (Å²) in [5.41, 5.74) is 0.968. The molecule has 0 spiro atoms. The van der Waals surface area contributed by atoms with E-state index in [1.165, 1.54) is 17.0 Å². The minimum absolute atomic E-state index is 0.0255. The lowest BCUT2D eigenvalue weighted by molar-refractivity contribution is -0.147. The monoisotopic (exact) mass is 299 g/mol. The van der Waals surface area contributed by atoms with Crippen molar-refractivity contribution in [3.63, 3.8) is 0 Å². The Morgan fingerprint density at radius 1 is 1.35 bits per heavy atom. The zero-order valence-corrected chi connectivity index (χ0v) is 12.2. The molecule has 1 aromatic rings. The molecule has 1 fully saturated rings. The van der Waals surface area contributed by atoms with E-state index in [2.05, 4.69) is 0 Å². The predicted molar refractivity (Wildman–Crippen MR) is 71.7 cm³/mol. The fourth-order valence-electron chi connectivity index (χ4n) is 1.80. The maximum absolute atomic E-state index is 12.0. The van der Waals surface area contributed by atoms with E-state index in [-0.39, 0.29) is 30.6 Å². The summed E-state index contributed by atoms with van der Waals surface area (Å²) in [6, 6.07) is 6.01. The Bertz CT molecular complexity index is 581. The largest absolute Gasteiger partial charge is 0.369 e. The SMILES string of the molecule is Cc1ccc(S(=O)(=O)OC[C@H]2COCC(=O)N2C)cc1. The van der Waals surface area contributed by atoms with Crippen LogP contribution in [0.2, 0.25) is 0 Å². The van der Waals surface area contributed by atoms with Crippen molar-refractivity contribution in [2.75, 3.05) is 26.9 Å². The second-order valence-electron chi connectivity index (χ2n) is 4.73. The number of likely N-dealkylation sites (N-methyl/N-ethyl adjacent to an activating group) is 1. The van der Waals surface area contributed by atoms with Crippen LogP contribution in [-0.4, -0.2) is 52.1 Å². The number of amides is 1. The van der Waals surface area contributed by atoms with Crippen LogP contribution in [-0.2, 0) is 23.8 Å². The number of rotatable bonds is 4. The first-order valence-corrected chi connectivity index (χ1v) is 7.60. The highest BCUT2D eigenvalue weighted by Gasteiger charge is 2.27. The van der Waals surface area contributed by atoms with Crippen molar-refractivity contribution in [2.45, 2.75) is 17.9 Å². The van der Waals surface area contributed by atoms with Crippen molar-refractivity contribution in [3.05, 3.63) is 29.8 Å². The van der Waals surface area contributed by atoms with Gasteiger partial charge in [-0.1, -0.05) is 17.7 Å². The van der Waals surface area contributed by atoms with Crippen molar-refractivity contribution in [1.29, 1.82) is 0 Å². The van der Waals surface area contributed by atoms with Crippen molar-refractivity contribution < 1.29 is 22.1 Å². The van der Waals surface area contributed by atoms with E-state index in [1.807, 2.05) is 6.92 Å². The molecule has 1 aliphatic heterocycles. The summed E-state index contributed by atoms with van der Waals surface area (Å²) in [7, 11) is -2.20. The third-order valence-corrected chi connectivity index (χ3v) is 4.50. The van der Waals surface area contributed by atoms with Gasteiger partial charge in [-0.25, -0.2) is 0 Å². The summed E-state index contributed by atoms with van der Waals surface area (Å²) in [6.45, 7) is 2.05. The van der Waals surface area contributed by atoms with Gasteiger partial charge in [-0.15, -0.1) is 0 Å². The number of hydrogen-bond acceptors (Lipinski definition) is 5. The van der Waals surface area contributed by atoms with Gasteiger partial charge in [-0.05, 0) is 19.1 Å². The van der Waals surface area contributed by atoms with E-state index < -0.39 is 16.2 Å². The van der Waals surface area contributed by atoms with Gasteiger partial charge in [-0.3, -0.25) is 8.98 Å². The van der Waals surface area contributed by atoms with Crippen molar-refractivity contribution in [1.82, 2.24) is 4.90 Å². The molecule has 20 heavy (non-hydrogen) atoms. The van der Waals surface area contributed by atoms with E-state index >= 15 is 0 Å². The molecular formula is C13H17NO5S. The summed E-state index contributed by atoms with van der Waals surface area (Å²) >= 11 is 0. The lowest BCUT2D eigenvalue weighted by atomic mass is 10.2. The van der Waals surface area contributed by atoms with Crippen LogP contribution in [0.3, 0.4) is 0 Å². The molecule has 0 aliphatic carbocycles. The molecule has 6 nitrogen and oxygen atoms in total. The maximum Gasteiger partial charge on any atom is 0.297 e. The molecule has 110 valence electrons. The van der Waals surface area contributed by atoms with Crippen molar-refractivity contribution in [3.8, 4) is 0 Å². The summed E-state index contributed by atoms with van der Waals surface area (Å²) in [6.07, 6.45) is 0. The highest BCUT2D eigenvalue weighted by atomic mass is 32.2. The van der Waals surface area contributed by atoms with E-state index in [0.29, 0.717) is 0 Å². The van der Waals surface area contributed by atoms with Crippen LogP contribution < -0.4 is 0 Å². The van der Waals surface area contributed by atoms with Gasteiger partial charge in [0.15, 0.2) is 0 Å². The molecule has 1 saturated heterocycles. The number of carbonyl (C=O) groups excluding carboxylic acids is 1. The lowest BCUT2D eigenvalue weighted by Gasteiger charge is -2.31. The highest BCUT2D eigenvalue weighted by Crippen LogP contribution is 2.15. The number of morpholine rings is 1. The van der Waals surface area contributed by atoms with Crippen LogP contribution in [0, 0.1) is 6.92 Å². The molecule has 1 aromatic carbocycles. The topological polar surface area (TPSA) is 72.9 Å². The molecule has 0 unspecified atom stereocenters. The summed E-state index contributed by atoms with van der Waals surface area (Å²) in [5, 5.41) is 0. The van der Waals surface area contributed by atoms with E-state index in [1.54, 1.807) is 19.2 Å². The van der Waals surface area contributed by atoms with Gasteiger partial charge in [0.2, 0.25) is 5.91 Å². The molecule has 2 rings (SSSR count). The molecular weight excluding hydrogens is 282 g/mol. The van der Waals surface area contributed by atoms with Crippen LogP contribution in [0.15, 0.2) is 29.2 Å². The molecule has 1 aliphatic rings. The van der Waals surface area contributed by atoms with Gasteiger partial charge < -0.3 is 9.64 Å². The molecule has 0 radical (unpaired) electrons. The third-order valence-electron chi connectivity index (χ3n) is 3.20. The zero-order chi connectivity index (χ0) is 14.8. The average Bonchev–Trinajstić information content (AvgIpc) is 2.41. The molecule has 1 amide bonds. The third kappa shape index (κ3) is 3.36. The Hall–Kier alpha value is -1.44. The van der Waals surface area contributed by atoms with Crippen LogP contribution in [0.25, 0.3) is 0 Å². The summed E-state index contributed by atoms with van der Waals surface area (Å²) in [4.78, 5) is 13.0. The first-order valence-electron chi connectivity index (χ1n) is 6.19. The Morgan fingerprint density at radius 3 is 2.65 bits per heavy atom. The van der Waals surface area contributed by atoms with Gasteiger partial charge in [0, 0.05) is 7.05 Å². The smallest absolute Gasteiger partial charge is 0.297 e. The molecule has 1 heterocycles. The van der Waals surface area contributed by atoms with Crippen LogP contribution in [0.5, 0.6) is 0 Å². The molecule has 0 bridgehead atoms. The highest BCUT2D eigenvalue weighted by molar-refractivity contribution is 7.86. The Kier molecular flexibility index (Phi) is 4.42. The van der Waals surface area contributed by atoms with Gasteiger partial charge in [-0.2, -0.15) is 8.42 Å². The maximum atomic E-state index is 12.0. The predicted octanol–water partition coefficient (Wildman–Crippen LogP) is 0.558. The second kappa shape index (κ2) is 5.90. The second-order valence-corrected chi connectivity index (χ2v) is 6.34. The normalized spacial score (nSPS) is 20.2. The molecule has 0 aromatic heterocycles. The number of ether oxygens (including phenoxy) is 1. The number of benzene rings is 1. The summed E-state index contributed by atoms with van der Waals surface area (Å²) < 4.78 is 34.1. The first-order chi connectivity index (χ1) is 9.40.